The molecule has 0 bridgehead atoms. The molecule has 3 aromatic carbocycles. The van der Waals surface area contributed by atoms with Gasteiger partial charge in [0.05, 0.1) is 103 Å². The van der Waals surface area contributed by atoms with E-state index in [0.717, 1.165) is 20.8 Å². The quantitative estimate of drug-likeness (QED) is 0.0168. The van der Waals surface area contributed by atoms with E-state index in [9.17, 15) is 59.1 Å². The van der Waals surface area contributed by atoms with Crippen LogP contribution < -0.4 is 16.0 Å². The van der Waals surface area contributed by atoms with Crippen molar-refractivity contribution >= 4 is 86.2 Å². The van der Waals surface area contributed by atoms with Crippen LogP contribution in [0.3, 0.4) is 0 Å². The van der Waals surface area contributed by atoms with Crippen molar-refractivity contribution in [2.24, 2.45) is 0 Å². The van der Waals surface area contributed by atoms with E-state index in [4.69, 9.17) is 61.6 Å². The summed E-state index contributed by atoms with van der Waals surface area (Å²) >= 11 is 0.511. The maximum Gasteiger partial charge on any atom is 0.191 e. The first-order valence-electron chi connectivity index (χ1n) is 51.2. The molecule has 18 atom stereocenters. The molecule has 9 aromatic rings. The number of benzene rings is 3. The molecule has 0 unspecified atom stereocenters. The fourth-order valence-electron chi connectivity index (χ4n) is 11.1. The van der Waals surface area contributed by atoms with E-state index >= 15 is 0 Å². The number of anilines is 3. The standard InChI is InChI=1S/3C24H31FN6O4S/c3*1-3-8-36-24-27-22(26-16-10-14(16)13-5-4-12(2)15(25)9-13)19-23(28-24)31(30-29-19)17-11-18(35-7-6-32)21(34)20(17)33/h3*4-5,9,14,16-18,20-21,32-34H,3,6-8,10-11H2,1-2H3,(H,26,27,28)/t3*14-,16+,17+,18-,20-,21+/m000/s1/i3D2,6D2,7D2,8D2,11D2,17D,18D,20D,21D;3D2,7D2,8D2,11D2,17D,18D,20D,21D;3D2,6D2,8D2,11D2,17D,18D,20D,21D. The molecule has 0 aliphatic heterocycles. The van der Waals surface area contributed by atoms with Crippen molar-refractivity contribution in [1.29, 1.82) is 0 Å². The molecule has 0 spiro atoms. The fraction of sp³-hybridized carbons (Fsp3) is 0.583. The minimum atomic E-state index is -4.35. The van der Waals surface area contributed by atoms with Crippen molar-refractivity contribution in [2.45, 2.75) is 223 Å². The third-order valence-electron chi connectivity index (χ3n) is 16.8. The lowest BCUT2D eigenvalue weighted by Crippen LogP contribution is -2.33. The number of nitrogens with one attached hydrogen (secondary N) is 3. The number of nitrogens with zero attached hydrogens (tertiary/aromatic N) is 15. The van der Waals surface area contributed by atoms with E-state index in [2.05, 4.69) is 81.5 Å². The number of aliphatic hydroxyl groups excluding tert-OH is 1. The molecule has 0 radical (unpaired) electrons. The summed E-state index contributed by atoms with van der Waals surface area (Å²) in [5.41, 5.74) is -8.23. The molecular formula is C72H93F3N18O12S3. The highest BCUT2D eigenvalue weighted by atomic mass is 32.2. The minimum Gasteiger partial charge on any atom is -0.394 e. The topological polar surface area (TPSA) is 415 Å². The highest BCUT2D eigenvalue weighted by Crippen LogP contribution is 2.48. The maximum absolute atomic E-state index is 14.3. The Labute approximate surface area is 686 Å². The molecule has 6 saturated carbocycles. The number of thioether (sulfide) groups is 3. The monoisotopic (exact) mass is 1590 g/mol. The van der Waals surface area contributed by atoms with Crippen LogP contribution in [0.4, 0.5) is 30.6 Å². The first-order chi connectivity index (χ1) is 65.7. The Kier molecular flexibility index (Phi) is 14.3. The molecule has 0 saturated heterocycles. The van der Waals surface area contributed by atoms with Gasteiger partial charge in [-0.25, -0.2) is 57.1 Å². The van der Waals surface area contributed by atoms with Gasteiger partial charge in [-0.2, -0.15) is 0 Å². The van der Waals surface area contributed by atoms with Crippen molar-refractivity contribution in [1.82, 2.24) is 74.9 Å². The molecule has 36 heteroatoms. The van der Waals surface area contributed by atoms with Crippen molar-refractivity contribution in [2.75, 3.05) is 72.5 Å². The number of halogens is 3. The number of rotatable bonds is 30. The number of aryl methyl sites for hydroxylation is 3. The van der Waals surface area contributed by atoms with Gasteiger partial charge >= 0.3 is 0 Å². The molecule has 6 aliphatic carbocycles. The van der Waals surface area contributed by atoms with Gasteiger partial charge in [-0.15, -0.1) is 15.3 Å². The Bertz CT molecular complexity index is 6580. The Morgan fingerprint density at radius 2 is 0.796 bits per heavy atom. The Morgan fingerprint density at radius 1 is 0.472 bits per heavy atom. The second-order valence-electron chi connectivity index (χ2n) is 23.9. The van der Waals surface area contributed by atoms with E-state index in [-0.39, 0.29) is 95.6 Å². The van der Waals surface area contributed by atoms with Gasteiger partial charge in [0.2, 0.25) is 0 Å². The number of hydrogen-bond donors (Lipinski definition) is 12. The van der Waals surface area contributed by atoms with Gasteiger partial charge < -0.3 is 76.1 Å². The first-order valence-corrected chi connectivity index (χ1v) is 34.7. The van der Waals surface area contributed by atoms with Crippen molar-refractivity contribution < 1.29 is 125 Å². The van der Waals surface area contributed by atoms with Crippen molar-refractivity contribution in [3.63, 3.8) is 0 Å². The molecule has 6 heterocycles. The molecule has 6 aliphatic rings. The summed E-state index contributed by atoms with van der Waals surface area (Å²) in [6, 6.07) is 1.23. The number of hydrogen-bond acceptors (Lipinski definition) is 30. The molecule has 0 amide bonds. The Balaban J connectivity index is 0.000000183. The van der Waals surface area contributed by atoms with E-state index in [1.807, 2.05) is 0 Å². The van der Waals surface area contributed by atoms with E-state index in [1.54, 1.807) is 57.2 Å². The van der Waals surface area contributed by atoms with E-state index in [0.29, 0.717) is 52.6 Å². The zero-order chi connectivity index (χ0) is 111. The zero-order valence-corrected chi connectivity index (χ0v) is 59.5. The SMILES string of the molecule is [2H]C([2H])(C)C([2H])([2H])Sc1nc(N[C@@H]2C[C@H]2c2ccc(C)c(F)c2)c2nnn([C@]3([2H])C([2H])([2H])[C@]([2H])(OC([2H])([2H])C([2H])([2H])O)[C@@]([2H])(O)[C@@]3([2H])O)c2n1.[2H]C([2H])(CO)O[C@@]1([2H])C([2H])([2H])[C@@]([2H])(n2nnc3c(N[C@@H]4C[C@H]4c4ccc(C)c(F)c4)nc(SC([2H])([2H])C([2H])([2H])C)nc32)[C@]([2H])(O)[C@]1([2H])O.[2H]C([2H])(O)CO[C@@]1([2H])C([2H])([2H])[C@@]([2H])(n2nnc3c(N[C@@H]4C[C@H]4c4ccc(C)c(F)c4)nc(SC([2H])([2H])C([2H])([2H])C)nc32)[C@]([2H])(O)[C@]1([2H])O. The lowest BCUT2D eigenvalue weighted by atomic mass is 10.1. The predicted molar refractivity (Wildman–Crippen MR) is 398 cm³/mol. The van der Waals surface area contributed by atoms with Gasteiger partial charge in [-0.1, -0.05) is 108 Å². The van der Waals surface area contributed by atoms with Crippen LogP contribution in [0.25, 0.3) is 33.5 Å². The van der Waals surface area contributed by atoms with Gasteiger partial charge in [-0.05, 0) is 111 Å². The second-order valence-corrected chi connectivity index (χ2v) is 26.2. The summed E-state index contributed by atoms with van der Waals surface area (Å²) in [6.45, 7) is -10.0. The van der Waals surface area contributed by atoms with E-state index < -0.39 is 241 Å². The van der Waals surface area contributed by atoms with Crippen LogP contribution in [0.5, 0.6) is 0 Å². The predicted octanol–water partition coefficient (Wildman–Crippen LogP) is 6.55. The smallest absolute Gasteiger partial charge is 0.191 e. The largest absolute Gasteiger partial charge is 0.394 e. The van der Waals surface area contributed by atoms with Crippen LogP contribution in [0.15, 0.2) is 70.1 Å². The summed E-state index contributed by atoms with van der Waals surface area (Å²) in [7, 11) is 0. The van der Waals surface area contributed by atoms with Gasteiger partial charge in [0.1, 0.15) is 53.9 Å². The van der Waals surface area contributed by atoms with Crippen molar-refractivity contribution in [3.05, 3.63) is 105 Å². The lowest BCUT2D eigenvalue weighted by molar-refractivity contribution is -0.0629. The minimum absolute atomic E-state index is 0.0600. The first kappa shape index (κ1) is 44.2. The summed E-state index contributed by atoms with van der Waals surface area (Å²) in [6.07, 6.45) is -55.2. The van der Waals surface area contributed by atoms with Crippen LogP contribution in [0.2, 0.25) is 0 Å². The molecule has 15 rings (SSSR count). The van der Waals surface area contributed by atoms with Crippen LogP contribution in [-0.2, 0) is 14.2 Å². The lowest BCUT2D eigenvalue weighted by Gasteiger charge is -2.17. The normalized spacial score (nSPS) is 43.7. The summed E-state index contributed by atoms with van der Waals surface area (Å²) in [4.78, 5) is 24.9. The summed E-state index contributed by atoms with van der Waals surface area (Å²) < 4.78 is 370. The van der Waals surface area contributed by atoms with Gasteiger partial charge in [0.15, 0.2) is 66.4 Å². The zero-order valence-electron chi connectivity index (χ0n) is 95.0. The maximum atomic E-state index is 14.3. The molecule has 30 nitrogen and oxygen atoms in total. The van der Waals surface area contributed by atoms with Crippen LogP contribution >= 0.6 is 35.3 Å². The molecule has 6 fully saturated rings. The molecule has 6 aromatic heterocycles. The van der Waals surface area contributed by atoms with Gasteiger partial charge in [0.25, 0.3) is 0 Å². The van der Waals surface area contributed by atoms with Gasteiger partial charge in [0, 0.05) is 96.8 Å². The van der Waals surface area contributed by atoms with E-state index in [1.165, 1.54) is 18.2 Å². The van der Waals surface area contributed by atoms with Crippen LogP contribution in [0, 0.1) is 38.2 Å². The number of aromatic nitrogens is 15. The Morgan fingerprint density at radius 3 is 1.09 bits per heavy atom. The number of ether oxygens (including phenoxy) is 3. The van der Waals surface area contributed by atoms with Crippen LogP contribution in [0.1, 0.15) is 200 Å². The second kappa shape index (κ2) is 35.1. The van der Waals surface area contributed by atoms with Crippen molar-refractivity contribution in [3.8, 4) is 0 Å². The molecule has 12 N–H and O–H groups in total. The third kappa shape index (κ3) is 17.5. The fourth-order valence-corrected chi connectivity index (χ4v) is 12.5. The average molecular weight is 1590 g/mol. The third-order valence-corrected chi connectivity index (χ3v) is 18.8. The highest BCUT2D eigenvalue weighted by molar-refractivity contribution is 7.99. The van der Waals surface area contributed by atoms with Gasteiger partial charge in [-0.3, -0.25) is 0 Å². The Hall–Kier alpha value is -7.14. The number of aliphatic hydroxyl groups is 9. The van der Waals surface area contributed by atoms with Crippen LogP contribution in [-0.4, -0.2) is 250 Å². The highest BCUT2D eigenvalue weighted by Gasteiger charge is 2.49. The number of fused-ring (bicyclic) bond motifs is 3. The molecule has 108 heavy (non-hydrogen) atoms. The molecule has 582 valence electrons. The average Bonchev–Trinajstić information content (AvgIpc) is 1.57. The molecular weight excluding hydrogens is 1460 g/mol. The summed E-state index contributed by atoms with van der Waals surface area (Å²) in [5, 5.41) is 125. The summed E-state index contributed by atoms with van der Waals surface area (Å²) in [5.74, 6) is -2.70.